The molecule has 0 unspecified atom stereocenters. The zero-order valence-corrected chi connectivity index (χ0v) is 22.5. The van der Waals surface area contributed by atoms with Gasteiger partial charge in [0.15, 0.2) is 0 Å². The zero-order valence-electron chi connectivity index (χ0n) is 20.9. The molecule has 0 aromatic heterocycles. The van der Waals surface area contributed by atoms with Crippen molar-refractivity contribution >= 4 is 41.6 Å². The number of rotatable bonds is 7. The summed E-state index contributed by atoms with van der Waals surface area (Å²) in [5.41, 5.74) is 2.78. The van der Waals surface area contributed by atoms with Gasteiger partial charge in [-0.1, -0.05) is 72.8 Å². The van der Waals surface area contributed by atoms with Gasteiger partial charge in [0.25, 0.3) is 0 Å². The molecule has 1 aliphatic carbocycles. The topological polar surface area (TPSA) is 52.6 Å². The number of carbonyl (C=O) groups is 1. The highest BCUT2D eigenvalue weighted by molar-refractivity contribution is 5.86. The molecule has 0 bridgehead atoms. The number of halogens is 2. The number of benzene rings is 3. The van der Waals surface area contributed by atoms with E-state index in [0.717, 1.165) is 45.3 Å². The summed E-state index contributed by atoms with van der Waals surface area (Å²) in [6, 6.07) is 27.0. The number of aliphatic carboxylic acids is 1. The lowest BCUT2D eigenvalue weighted by Crippen LogP contribution is -2.38. The molecule has 5 rings (SSSR count). The maximum atomic E-state index is 11.4. The number of carboxylic acid groups (broad SMARTS) is 1. The Kier molecular flexibility index (Phi) is 10.2. The van der Waals surface area contributed by atoms with Crippen molar-refractivity contribution in [3.63, 3.8) is 0 Å². The van der Waals surface area contributed by atoms with Crippen molar-refractivity contribution in [3.05, 3.63) is 83.9 Å². The molecule has 4 nitrogen and oxygen atoms in total. The highest BCUT2D eigenvalue weighted by Crippen LogP contribution is 2.38. The third-order valence-electron chi connectivity index (χ3n) is 8.24. The van der Waals surface area contributed by atoms with Crippen molar-refractivity contribution in [2.45, 2.75) is 50.6 Å². The van der Waals surface area contributed by atoms with Crippen LogP contribution in [0.2, 0.25) is 0 Å². The second kappa shape index (κ2) is 12.9. The van der Waals surface area contributed by atoms with Gasteiger partial charge >= 0.3 is 5.97 Å². The van der Waals surface area contributed by atoms with Gasteiger partial charge in [0.05, 0.1) is 5.92 Å². The third-order valence-corrected chi connectivity index (χ3v) is 8.24. The molecule has 1 saturated heterocycles. The molecule has 3 aromatic rings. The molecule has 2 aliphatic rings. The Bertz CT molecular complexity index is 1110. The molecule has 194 valence electrons. The fourth-order valence-electron chi connectivity index (χ4n) is 6.24. The van der Waals surface area contributed by atoms with E-state index in [1.807, 2.05) is 0 Å². The van der Waals surface area contributed by atoms with Gasteiger partial charge in [-0.3, -0.25) is 9.69 Å². The molecule has 0 spiro atoms. The van der Waals surface area contributed by atoms with Crippen LogP contribution < -0.4 is 5.32 Å². The van der Waals surface area contributed by atoms with Crippen molar-refractivity contribution in [2.24, 2.45) is 11.8 Å². The molecule has 36 heavy (non-hydrogen) atoms. The summed E-state index contributed by atoms with van der Waals surface area (Å²) in [5, 5.41) is 15.9. The van der Waals surface area contributed by atoms with E-state index in [2.05, 4.69) is 89.9 Å². The highest BCUT2D eigenvalue weighted by Gasteiger charge is 2.38. The summed E-state index contributed by atoms with van der Waals surface area (Å²) < 4.78 is 0. The Balaban J connectivity index is 0.00000180. The number of likely N-dealkylation sites (tertiary alicyclic amines) is 1. The Morgan fingerprint density at radius 3 is 2.31 bits per heavy atom. The normalized spacial score (nSPS) is 25.0. The predicted molar refractivity (Wildman–Crippen MR) is 152 cm³/mol. The number of hydrogen-bond donors (Lipinski definition) is 2. The first kappa shape index (κ1) is 28.5. The van der Waals surface area contributed by atoms with Crippen LogP contribution in [0.3, 0.4) is 0 Å². The molecule has 3 aromatic carbocycles. The summed E-state index contributed by atoms with van der Waals surface area (Å²) in [7, 11) is 0. The molecule has 6 heteroatoms. The summed E-state index contributed by atoms with van der Waals surface area (Å²) in [6.45, 7) is 5.41. The van der Waals surface area contributed by atoms with Crippen LogP contribution in [0.4, 0.5) is 0 Å². The van der Waals surface area contributed by atoms with Crippen molar-refractivity contribution in [3.8, 4) is 0 Å². The van der Waals surface area contributed by atoms with Crippen LogP contribution in [0, 0.1) is 11.8 Å². The van der Waals surface area contributed by atoms with E-state index in [1.165, 1.54) is 21.9 Å². The average Bonchev–Trinajstić information content (AvgIpc) is 3.32. The van der Waals surface area contributed by atoms with Gasteiger partial charge in [0.1, 0.15) is 0 Å². The lowest BCUT2D eigenvalue weighted by atomic mass is 9.85. The van der Waals surface area contributed by atoms with Gasteiger partial charge in [0, 0.05) is 37.6 Å². The first-order valence-electron chi connectivity index (χ1n) is 12.8. The van der Waals surface area contributed by atoms with Gasteiger partial charge in [-0.2, -0.15) is 0 Å². The van der Waals surface area contributed by atoms with Gasteiger partial charge in [0.2, 0.25) is 0 Å². The van der Waals surface area contributed by atoms with Crippen LogP contribution in [0.1, 0.15) is 55.7 Å². The number of nitrogens with one attached hydrogen (secondary N) is 1. The lowest BCUT2D eigenvalue weighted by Gasteiger charge is -2.33. The molecule has 2 N–H and O–H groups in total. The van der Waals surface area contributed by atoms with Crippen molar-refractivity contribution < 1.29 is 9.90 Å². The second-order valence-corrected chi connectivity index (χ2v) is 10.3. The van der Waals surface area contributed by atoms with Gasteiger partial charge in [-0.05, 0) is 60.4 Å². The minimum absolute atomic E-state index is 0. The largest absolute Gasteiger partial charge is 0.481 e. The quantitative estimate of drug-likeness (QED) is 0.358. The number of hydrogen-bond acceptors (Lipinski definition) is 3. The van der Waals surface area contributed by atoms with E-state index >= 15 is 0 Å². The van der Waals surface area contributed by atoms with Crippen molar-refractivity contribution in [1.29, 1.82) is 0 Å². The molecular formula is C30H38Cl2N2O2. The van der Waals surface area contributed by atoms with E-state index in [0.29, 0.717) is 17.9 Å². The van der Waals surface area contributed by atoms with Crippen LogP contribution >= 0.6 is 24.8 Å². The molecule has 2 fully saturated rings. The van der Waals surface area contributed by atoms with Crippen LogP contribution in [0.5, 0.6) is 0 Å². The van der Waals surface area contributed by atoms with E-state index < -0.39 is 5.97 Å². The maximum absolute atomic E-state index is 11.4. The fraction of sp³-hybridized carbons (Fsp3) is 0.433. The third kappa shape index (κ3) is 6.23. The molecule has 0 radical (unpaired) electrons. The smallest absolute Gasteiger partial charge is 0.306 e. The fourth-order valence-corrected chi connectivity index (χ4v) is 6.24. The monoisotopic (exact) mass is 528 g/mol. The predicted octanol–water partition coefficient (Wildman–Crippen LogP) is 6.69. The maximum Gasteiger partial charge on any atom is 0.306 e. The van der Waals surface area contributed by atoms with E-state index in [-0.39, 0.29) is 36.8 Å². The minimum atomic E-state index is -0.619. The standard InChI is InChI=1S/C30H36N2O2.2ClH/c1-21(27-13-7-11-22-10-5-6-12-28(22)27)31-18-25-19-32(20-29(25)23-8-3-2-4-9-23)26-16-14-24(15-17-26)30(33)34;;/h2-13,21,24-26,29,31H,14-20H2,1H3,(H,33,34);2*1H/t21-,24?,25-,26?,29-;;/m1../s1. The van der Waals surface area contributed by atoms with Gasteiger partial charge < -0.3 is 10.4 Å². The molecular weight excluding hydrogens is 491 g/mol. The number of nitrogens with zero attached hydrogens (tertiary/aromatic N) is 1. The van der Waals surface area contributed by atoms with Crippen LogP contribution in [0.25, 0.3) is 10.8 Å². The summed E-state index contributed by atoms with van der Waals surface area (Å²) in [4.78, 5) is 14.1. The SMILES string of the molecule is C[C@@H](NC[C@@H]1CN(C2CCC(C(=O)O)CC2)C[C@@H]1c1ccccc1)c1cccc2ccccc12.Cl.Cl. The minimum Gasteiger partial charge on any atom is -0.481 e. The van der Waals surface area contributed by atoms with Crippen LogP contribution in [0.15, 0.2) is 72.8 Å². The molecule has 1 saturated carbocycles. The first-order chi connectivity index (χ1) is 16.6. The van der Waals surface area contributed by atoms with E-state index in [1.54, 1.807) is 0 Å². The molecule has 1 heterocycles. The Labute approximate surface area is 227 Å². The van der Waals surface area contributed by atoms with Crippen molar-refractivity contribution in [2.75, 3.05) is 19.6 Å². The van der Waals surface area contributed by atoms with E-state index in [9.17, 15) is 9.90 Å². The van der Waals surface area contributed by atoms with Crippen molar-refractivity contribution in [1.82, 2.24) is 10.2 Å². The summed E-state index contributed by atoms with van der Waals surface area (Å²) in [6.07, 6.45) is 3.64. The lowest BCUT2D eigenvalue weighted by molar-refractivity contribution is -0.143. The zero-order chi connectivity index (χ0) is 23.5. The molecule has 0 amide bonds. The Morgan fingerprint density at radius 2 is 1.58 bits per heavy atom. The highest BCUT2D eigenvalue weighted by atomic mass is 35.5. The summed E-state index contributed by atoms with van der Waals surface area (Å²) in [5.74, 6) is 0.275. The Morgan fingerprint density at radius 1 is 0.917 bits per heavy atom. The summed E-state index contributed by atoms with van der Waals surface area (Å²) >= 11 is 0. The second-order valence-electron chi connectivity index (χ2n) is 10.3. The van der Waals surface area contributed by atoms with Crippen LogP contribution in [-0.2, 0) is 4.79 Å². The average molecular weight is 530 g/mol. The molecule has 1 aliphatic heterocycles. The van der Waals surface area contributed by atoms with Crippen LogP contribution in [-0.4, -0.2) is 41.7 Å². The number of fused-ring (bicyclic) bond motifs is 1. The Hall–Kier alpha value is -2.11. The first-order valence-corrected chi connectivity index (χ1v) is 12.8. The van der Waals surface area contributed by atoms with E-state index in [4.69, 9.17) is 0 Å². The molecule has 3 atom stereocenters. The van der Waals surface area contributed by atoms with Gasteiger partial charge in [-0.15, -0.1) is 24.8 Å². The number of carboxylic acids is 1. The van der Waals surface area contributed by atoms with Gasteiger partial charge in [-0.25, -0.2) is 0 Å².